The second kappa shape index (κ2) is 11.5. The largest absolute Gasteiger partial charge is 0.484 e. The Balaban J connectivity index is 0.000000255. The average molecular weight is 584 g/mol. The number of halogens is 3. The number of benzene rings is 2. The highest BCUT2D eigenvalue weighted by Crippen LogP contribution is 2.27. The van der Waals surface area contributed by atoms with E-state index in [2.05, 4.69) is 14.7 Å². The maximum Gasteiger partial charge on any atom is 0.422 e. The highest BCUT2D eigenvalue weighted by Gasteiger charge is 2.29. The highest BCUT2D eigenvalue weighted by molar-refractivity contribution is 7.91. The zero-order chi connectivity index (χ0) is 29.1. The fraction of sp³-hybridized carbons (Fsp3) is 0.240. The van der Waals surface area contributed by atoms with Crippen LogP contribution in [0.15, 0.2) is 64.8 Å². The molecule has 4 aromatic rings. The van der Waals surface area contributed by atoms with Crippen molar-refractivity contribution in [1.82, 2.24) is 13.9 Å². The number of para-hydroxylation sites is 2. The van der Waals surface area contributed by atoms with Gasteiger partial charge in [-0.1, -0.05) is 18.2 Å². The number of imidazole rings is 1. The molecule has 0 aliphatic rings. The Bertz CT molecular complexity index is 1670. The molecule has 1 unspecified atom stereocenters. The lowest BCUT2D eigenvalue weighted by Crippen LogP contribution is -2.19. The van der Waals surface area contributed by atoms with Gasteiger partial charge in [0.2, 0.25) is 5.16 Å². The number of carboxylic acids is 1. The number of carboxylic acid groups (broad SMARTS) is 1. The summed E-state index contributed by atoms with van der Waals surface area (Å²) in [5.74, 6) is -0.999. The summed E-state index contributed by atoms with van der Waals surface area (Å²) in [5, 5.41) is 9.04. The molecule has 0 spiro atoms. The van der Waals surface area contributed by atoms with E-state index in [-0.39, 0.29) is 26.9 Å². The third-order valence-corrected chi connectivity index (χ3v) is 8.25. The first-order valence-electron chi connectivity index (χ1n) is 11.2. The van der Waals surface area contributed by atoms with Crippen molar-refractivity contribution >= 4 is 37.8 Å². The summed E-state index contributed by atoms with van der Waals surface area (Å²) in [6, 6.07) is 11.8. The minimum absolute atomic E-state index is 0.110. The molecular weight excluding hydrogens is 559 g/mol. The first kappa shape index (κ1) is 29.8. The highest BCUT2D eigenvalue weighted by atomic mass is 32.2. The van der Waals surface area contributed by atoms with Gasteiger partial charge in [-0.05, 0) is 56.7 Å². The molecule has 14 heteroatoms. The Morgan fingerprint density at radius 3 is 2.38 bits per heavy atom. The number of fused-ring (bicyclic) bond motifs is 1. The number of hydrogen-bond acceptors (Lipinski definition) is 7. The van der Waals surface area contributed by atoms with Gasteiger partial charge in [0.1, 0.15) is 5.75 Å². The number of alkyl halides is 3. The molecule has 0 aliphatic carbocycles. The standard InChI is InChI=1S/C16H14N2O5S2.C9H10F3NO/c1-10-7-8-11(15(19)20)9-14(10)25(22,23)18-13-6-4-3-5-12(13)17-16(18)24(2)21;1-6-7(2)13-4-3-8(6)14-5-9(10,11)12/h3-9H,1-2H3,(H,19,20);3-4H,5H2,1-2H3. The van der Waals surface area contributed by atoms with Gasteiger partial charge in [-0.15, -0.1) is 0 Å². The van der Waals surface area contributed by atoms with Crippen LogP contribution in [0.25, 0.3) is 11.0 Å². The first-order chi connectivity index (χ1) is 18.1. The van der Waals surface area contributed by atoms with Crippen LogP contribution in [0.5, 0.6) is 5.75 Å². The minimum Gasteiger partial charge on any atom is -0.484 e. The Kier molecular flexibility index (Phi) is 8.80. The van der Waals surface area contributed by atoms with E-state index in [0.717, 1.165) is 10.0 Å². The summed E-state index contributed by atoms with van der Waals surface area (Å²) < 4.78 is 79.5. The van der Waals surface area contributed by atoms with E-state index in [1.165, 1.54) is 30.7 Å². The molecular formula is C25H24F3N3O6S2. The number of ether oxygens (including phenoxy) is 1. The van der Waals surface area contributed by atoms with Crippen LogP contribution in [-0.2, 0) is 20.8 Å². The molecule has 1 N–H and O–H groups in total. The predicted octanol–water partition coefficient (Wildman–Crippen LogP) is 4.66. The summed E-state index contributed by atoms with van der Waals surface area (Å²) in [7, 11) is -5.84. The van der Waals surface area contributed by atoms with E-state index in [1.54, 1.807) is 45.0 Å². The molecule has 208 valence electrons. The number of pyridine rings is 1. The monoisotopic (exact) mass is 583 g/mol. The van der Waals surface area contributed by atoms with Crippen molar-refractivity contribution in [1.29, 1.82) is 0 Å². The van der Waals surface area contributed by atoms with E-state index >= 15 is 0 Å². The Hall–Kier alpha value is -3.78. The average Bonchev–Trinajstić information content (AvgIpc) is 3.26. The van der Waals surface area contributed by atoms with E-state index < -0.39 is 39.6 Å². The molecule has 0 aliphatic heterocycles. The number of aryl methyl sites for hydroxylation is 2. The van der Waals surface area contributed by atoms with Gasteiger partial charge < -0.3 is 9.84 Å². The van der Waals surface area contributed by atoms with Crippen molar-refractivity contribution in [3.63, 3.8) is 0 Å². The van der Waals surface area contributed by atoms with Crippen LogP contribution in [0, 0.1) is 20.8 Å². The van der Waals surface area contributed by atoms with Gasteiger partial charge in [0.25, 0.3) is 10.0 Å². The molecule has 0 bridgehead atoms. The number of aromatic carboxylic acids is 1. The Morgan fingerprint density at radius 1 is 1.10 bits per heavy atom. The SMILES string of the molecule is Cc1ccc(C(=O)O)cc1S(=O)(=O)n1c(S(C)=O)nc2ccccc21.Cc1nccc(OCC(F)(F)F)c1C. The molecule has 0 amide bonds. The van der Waals surface area contributed by atoms with Crippen LogP contribution >= 0.6 is 0 Å². The van der Waals surface area contributed by atoms with Gasteiger partial charge >= 0.3 is 12.1 Å². The molecule has 1 atom stereocenters. The maximum absolute atomic E-state index is 13.2. The molecule has 0 fully saturated rings. The molecule has 2 heterocycles. The first-order valence-corrected chi connectivity index (χ1v) is 14.2. The number of aromatic nitrogens is 3. The smallest absolute Gasteiger partial charge is 0.422 e. The molecule has 39 heavy (non-hydrogen) atoms. The van der Waals surface area contributed by atoms with Gasteiger partial charge in [0.05, 0.1) is 32.3 Å². The Labute approximate surface area is 224 Å². The van der Waals surface area contributed by atoms with Crippen LogP contribution in [0.4, 0.5) is 13.2 Å². The van der Waals surface area contributed by atoms with Gasteiger partial charge in [-0.25, -0.2) is 22.2 Å². The lowest BCUT2D eigenvalue weighted by atomic mass is 10.1. The Morgan fingerprint density at radius 2 is 1.77 bits per heavy atom. The summed E-state index contributed by atoms with van der Waals surface area (Å²) in [6.07, 6.45) is -1.54. The molecule has 0 saturated heterocycles. The maximum atomic E-state index is 13.2. The summed E-state index contributed by atoms with van der Waals surface area (Å²) >= 11 is 0. The third-order valence-electron chi connectivity index (χ3n) is 5.50. The van der Waals surface area contributed by atoms with Crippen molar-refractivity contribution in [2.24, 2.45) is 0 Å². The molecule has 2 aromatic carbocycles. The van der Waals surface area contributed by atoms with Crippen molar-refractivity contribution < 1.29 is 40.4 Å². The zero-order valence-electron chi connectivity index (χ0n) is 21.2. The quantitative estimate of drug-likeness (QED) is 0.347. The topological polar surface area (TPSA) is 128 Å². The van der Waals surface area contributed by atoms with Crippen molar-refractivity contribution in [2.45, 2.75) is 37.0 Å². The fourth-order valence-electron chi connectivity index (χ4n) is 3.44. The molecule has 2 aromatic heterocycles. The lowest BCUT2D eigenvalue weighted by molar-refractivity contribution is -0.153. The van der Waals surface area contributed by atoms with Crippen LogP contribution < -0.4 is 4.74 Å². The van der Waals surface area contributed by atoms with Gasteiger partial charge in [-0.3, -0.25) is 9.19 Å². The minimum atomic E-state index is -4.30. The second-order valence-corrected chi connectivity index (χ2v) is 11.3. The van der Waals surface area contributed by atoms with Crippen molar-refractivity contribution in [3.05, 3.63) is 77.1 Å². The van der Waals surface area contributed by atoms with Crippen LogP contribution in [-0.4, -0.2) is 56.7 Å². The third kappa shape index (κ3) is 6.81. The van der Waals surface area contributed by atoms with Crippen LogP contribution in [0.2, 0.25) is 0 Å². The van der Waals surface area contributed by atoms with Gasteiger partial charge in [0, 0.05) is 23.7 Å². The van der Waals surface area contributed by atoms with Gasteiger partial charge in [0.15, 0.2) is 6.61 Å². The van der Waals surface area contributed by atoms with E-state index in [0.29, 0.717) is 22.3 Å². The van der Waals surface area contributed by atoms with Crippen molar-refractivity contribution in [2.75, 3.05) is 12.9 Å². The fourth-order valence-corrected chi connectivity index (χ4v) is 6.21. The van der Waals surface area contributed by atoms with E-state index in [1.807, 2.05) is 0 Å². The van der Waals surface area contributed by atoms with E-state index in [4.69, 9.17) is 5.11 Å². The summed E-state index contributed by atoms with van der Waals surface area (Å²) in [4.78, 5) is 19.1. The van der Waals surface area contributed by atoms with Crippen LogP contribution in [0.1, 0.15) is 27.2 Å². The summed E-state index contributed by atoms with van der Waals surface area (Å²) in [6.45, 7) is 3.70. The summed E-state index contributed by atoms with van der Waals surface area (Å²) in [5.41, 5.74) is 2.22. The number of nitrogens with zero attached hydrogens (tertiary/aromatic N) is 3. The molecule has 0 radical (unpaired) electrons. The van der Waals surface area contributed by atoms with Crippen LogP contribution in [0.3, 0.4) is 0 Å². The number of carbonyl (C=O) groups is 1. The zero-order valence-corrected chi connectivity index (χ0v) is 22.8. The van der Waals surface area contributed by atoms with E-state index in [9.17, 15) is 30.6 Å². The lowest BCUT2D eigenvalue weighted by Gasteiger charge is -2.12. The molecule has 9 nitrogen and oxygen atoms in total. The molecule has 0 saturated carbocycles. The number of hydrogen-bond donors (Lipinski definition) is 1. The molecule has 4 rings (SSSR count). The van der Waals surface area contributed by atoms with Gasteiger partial charge in [-0.2, -0.15) is 13.2 Å². The van der Waals surface area contributed by atoms with Crippen molar-refractivity contribution in [3.8, 4) is 5.75 Å². The number of rotatable bonds is 6. The predicted molar refractivity (Wildman–Crippen MR) is 138 cm³/mol. The normalized spacial score (nSPS) is 12.5. The second-order valence-electron chi connectivity index (χ2n) is 8.32.